The van der Waals surface area contributed by atoms with Crippen molar-refractivity contribution in [3.8, 4) is 0 Å². The molecule has 0 aromatic heterocycles. The van der Waals surface area contributed by atoms with E-state index in [1.54, 1.807) is 20.8 Å². The predicted molar refractivity (Wildman–Crippen MR) is 50.2 cm³/mol. The van der Waals surface area contributed by atoms with Gasteiger partial charge in [0.05, 0.1) is 0 Å². The number of rotatable bonds is 2. The molecular formula is C10H17FO2. The van der Waals surface area contributed by atoms with Gasteiger partial charge in [-0.15, -0.1) is 0 Å². The standard InChI is InChI=1S/C10H17FO2/c1-9(2,3)13-8(12)6-7-10(4,5)11/h6-7H,1-5H3/b7-6+. The Morgan fingerprint density at radius 1 is 1.23 bits per heavy atom. The van der Waals surface area contributed by atoms with Crippen LogP contribution >= 0.6 is 0 Å². The van der Waals surface area contributed by atoms with Crippen molar-refractivity contribution in [1.29, 1.82) is 0 Å². The maximum Gasteiger partial charge on any atom is 0.331 e. The van der Waals surface area contributed by atoms with Crippen molar-refractivity contribution in [2.45, 2.75) is 45.9 Å². The molecule has 0 heterocycles. The number of carbonyl (C=O) groups excluding carboxylic acids is 1. The van der Waals surface area contributed by atoms with Crippen LogP contribution in [0.15, 0.2) is 12.2 Å². The van der Waals surface area contributed by atoms with Crippen LogP contribution in [0.4, 0.5) is 4.39 Å². The molecule has 0 bridgehead atoms. The molecule has 2 nitrogen and oxygen atoms in total. The van der Waals surface area contributed by atoms with Gasteiger partial charge >= 0.3 is 5.97 Å². The van der Waals surface area contributed by atoms with Gasteiger partial charge in [-0.25, -0.2) is 9.18 Å². The van der Waals surface area contributed by atoms with Gasteiger partial charge in [-0.3, -0.25) is 0 Å². The zero-order chi connectivity index (χ0) is 10.7. The number of hydrogen-bond acceptors (Lipinski definition) is 2. The van der Waals surface area contributed by atoms with Crippen LogP contribution in [0.2, 0.25) is 0 Å². The fourth-order valence-electron chi connectivity index (χ4n) is 0.602. The lowest BCUT2D eigenvalue weighted by Gasteiger charge is -2.18. The van der Waals surface area contributed by atoms with Gasteiger partial charge in [0, 0.05) is 6.08 Å². The second-order valence-electron chi connectivity index (χ2n) is 4.43. The van der Waals surface area contributed by atoms with Gasteiger partial charge < -0.3 is 4.74 Å². The maximum atomic E-state index is 12.9. The highest BCUT2D eigenvalue weighted by molar-refractivity contribution is 5.82. The van der Waals surface area contributed by atoms with E-state index in [4.69, 9.17) is 4.74 Å². The van der Waals surface area contributed by atoms with E-state index in [0.29, 0.717) is 0 Å². The van der Waals surface area contributed by atoms with Crippen LogP contribution in [0.5, 0.6) is 0 Å². The first-order valence-corrected chi connectivity index (χ1v) is 4.21. The van der Waals surface area contributed by atoms with Crippen LogP contribution in [-0.2, 0) is 9.53 Å². The Labute approximate surface area is 78.8 Å². The van der Waals surface area contributed by atoms with E-state index >= 15 is 0 Å². The molecule has 0 aliphatic carbocycles. The molecule has 0 aromatic carbocycles. The predicted octanol–water partition coefficient (Wildman–Crippen LogP) is 2.63. The third-order valence-electron chi connectivity index (χ3n) is 1.02. The van der Waals surface area contributed by atoms with Crippen LogP contribution in [-0.4, -0.2) is 17.2 Å². The molecule has 0 N–H and O–H groups in total. The minimum absolute atomic E-state index is 0.516. The normalized spacial score (nSPS) is 13.4. The number of esters is 1. The summed E-state index contributed by atoms with van der Waals surface area (Å²) in [7, 11) is 0. The van der Waals surface area contributed by atoms with Crippen molar-refractivity contribution in [3.63, 3.8) is 0 Å². The van der Waals surface area contributed by atoms with Gasteiger partial charge in [0.15, 0.2) is 0 Å². The number of ether oxygens (including phenoxy) is 1. The van der Waals surface area contributed by atoms with Gasteiger partial charge in [0.25, 0.3) is 0 Å². The van der Waals surface area contributed by atoms with Crippen molar-refractivity contribution in [3.05, 3.63) is 12.2 Å². The largest absolute Gasteiger partial charge is 0.457 e. The number of carbonyl (C=O) groups is 1. The van der Waals surface area contributed by atoms with Gasteiger partial charge in [0.1, 0.15) is 11.3 Å². The lowest BCUT2D eigenvalue weighted by atomic mass is 10.1. The summed E-state index contributed by atoms with van der Waals surface area (Å²) in [5.41, 5.74) is -2.00. The van der Waals surface area contributed by atoms with Gasteiger partial charge in [-0.1, -0.05) is 0 Å². The van der Waals surface area contributed by atoms with E-state index in [0.717, 1.165) is 6.08 Å². The zero-order valence-corrected chi connectivity index (χ0v) is 8.85. The summed E-state index contributed by atoms with van der Waals surface area (Å²) < 4.78 is 17.8. The van der Waals surface area contributed by atoms with Crippen molar-refractivity contribution >= 4 is 5.97 Å². The highest BCUT2D eigenvalue weighted by atomic mass is 19.1. The minimum atomic E-state index is -1.48. The topological polar surface area (TPSA) is 26.3 Å². The average Bonchev–Trinajstić information content (AvgIpc) is 1.78. The molecule has 0 spiro atoms. The van der Waals surface area contributed by atoms with E-state index in [1.165, 1.54) is 19.9 Å². The van der Waals surface area contributed by atoms with Crippen molar-refractivity contribution in [2.75, 3.05) is 0 Å². The first-order valence-electron chi connectivity index (χ1n) is 4.21. The maximum absolute atomic E-state index is 12.9. The number of halogens is 1. The molecular weight excluding hydrogens is 171 g/mol. The molecule has 0 saturated carbocycles. The third-order valence-corrected chi connectivity index (χ3v) is 1.02. The Kier molecular flexibility index (Phi) is 3.64. The minimum Gasteiger partial charge on any atom is -0.457 e. The lowest BCUT2D eigenvalue weighted by Crippen LogP contribution is -2.23. The summed E-state index contributed by atoms with van der Waals surface area (Å²) in [5, 5.41) is 0. The number of allylic oxidation sites excluding steroid dienone is 1. The molecule has 0 rings (SSSR count). The van der Waals surface area contributed by atoms with E-state index < -0.39 is 17.2 Å². The highest BCUT2D eigenvalue weighted by Gasteiger charge is 2.16. The lowest BCUT2D eigenvalue weighted by molar-refractivity contribution is -0.148. The van der Waals surface area contributed by atoms with E-state index in [1.807, 2.05) is 0 Å². The van der Waals surface area contributed by atoms with Crippen molar-refractivity contribution < 1.29 is 13.9 Å². The van der Waals surface area contributed by atoms with Crippen LogP contribution in [0, 0.1) is 0 Å². The summed E-state index contributed by atoms with van der Waals surface area (Å²) in [6, 6.07) is 0. The SMILES string of the molecule is CC(C)(F)/C=C/C(=O)OC(C)(C)C. The zero-order valence-electron chi connectivity index (χ0n) is 8.85. The van der Waals surface area contributed by atoms with Crippen LogP contribution in [0.1, 0.15) is 34.6 Å². The molecule has 0 amide bonds. The summed E-state index contributed by atoms with van der Waals surface area (Å²) >= 11 is 0. The summed E-state index contributed by atoms with van der Waals surface area (Å²) in [6.45, 7) is 8.03. The molecule has 76 valence electrons. The molecule has 0 fully saturated rings. The first kappa shape index (κ1) is 12.1. The van der Waals surface area contributed by atoms with Gasteiger partial charge in [-0.05, 0) is 40.7 Å². The Balaban J connectivity index is 4.11. The third kappa shape index (κ3) is 9.05. The van der Waals surface area contributed by atoms with E-state index in [2.05, 4.69) is 0 Å². The quantitative estimate of drug-likeness (QED) is 0.492. The second kappa shape index (κ2) is 3.90. The molecule has 0 unspecified atom stereocenters. The van der Waals surface area contributed by atoms with Gasteiger partial charge in [-0.2, -0.15) is 0 Å². The second-order valence-corrected chi connectivity index (χ2v) is 4.43. The number of hydrogen-bond donors (Lipinski definition) is 0. The summed E-state index contributed by atoms with van der Waals surface area (Å²) in [4.78, 5) is 11.0. The molecule has 13 heavy (non-hydrogen) atoms. The highest BCUT2D eigenvalue weighted by Crippen LogP contribution is 2.11. The monoisotopic (exact) mass is 188 g/mol. The molecule has 3 heteroatoms. The summed E-state index contributed by atoms with van der Waals surface area (Å²) in [6.07, 6.45) is 2.30. The molecule has 0 saturated heterocycles. The summed E-state index contributed by atoms with van der Waals surface area (Å²) in [5.74, 6) is -0.516. The van der Waals surface area contributed by atoms with Crippen LogP contribution in [0.25, 0.3) is 0 Å². The fourth-order valence-corrected chi connectivity index (χ4v) is 0.602. The molecule has 0 radical (unpaired) electrons. The smallest absolute Gasteiger partial charge is 0.331 e. The molecule has 0 atom stereocenters. The van der Waals surface area contributed by atoms with Crippen LogP contribution < -0.4 is 0 Å². The van der Waals surface area contributed by atoms with E-state index in [9.17, 15) is 9.18 Å². The fraction of sp³-hybridized carbons (Fsp3) is 0.700. The Morgan fingerprint density at radius 3 is 2.00 bits per heavy atom. The van der Waals surface area contributed by atoms with Crippen LogP contribution in [0.3, 0.4) is 0 Å². The first-order chi connectivity index (χ1) is 5.60. The average molecular weight is 188 g/mol. The molecule has 0 aromatic rings. The Hall–Kier alpha value is -0.860. The van der Waals surface area contributed by atoms with Crippen molar-refractivity contribution in [1.82, 2.24) is 0 Å². The molecule has 0 aliphatic heterocycles. The molecule has 0 aliphatic rings. The Bertz CT molecular complexity index is 206. The van der Waals surface area contributed by atoms with E-state index in [-0.39, 0.29) is 0 Å². The van der Waals surface area contributed by atoms with Crippen molar-refractivity contribution in [2.24, 2.45) is 0 Å². The van der Waals surface area contributed by atoms with Gasteiger partial charge in [0.2, 0.25) is 0 Å². The Morgan fingerprint density at radius 2 is 1.69 bits per heavy atom. The number of alkyl halides is 1.